The Balaban J connectivity index is 1.67. The van der Waals surface area contributed by atoms with Crippen LogP contribution in [0.2, 0.25) is 0 Å². The van der Waals surface area contributed by atoms with E-state index in [1.165, 1.54) is 24.0 Å². The first kappa shape index (κ1) is 14.2. The number of nitrogens with zero attached hydrogens (tertiary/aromatic N) is 3. The molecule has 0 radical (unpaired) electrons. The number of rotatable bonds is 3. The maximum atomic E-state index is 4.48. The van der Waals surface area contributed by atoms with E-state index in [-0.39, 0.29) is 0 Å². The zero-order chi connectivity index (χ0) is 14.7. The Kier molecular flexibility index (Phi) is 4.30. The number of aryl methyl sites for hydroxylation is 2. The largest absolute Gasteiger partial charge is 0.297 e. The second-order valence-electron chi connectivity index (χ2n) is 6.14. The predicted molar refractivity (Wildman–Crippen MR) is 85.2 cm³/mol. The molecule has 21 heavy (non-hydrogen) atoms. The lowest BCUT2D eigenvalue weighted by Crippen LogP contribution is -2.34. The Labute approximate surface area is 127 Å². The molecule has 0 saturated carbocycles. The van der Waals surface area contributed by atoms with Crippen LogP contribution in [-0.2, 0) is 6.54 Å². The van der Waals surface area contributed by atoms with E-state index in [4.69, 9.17) is 0 Å². The Morgan fingerprint density at radius 1 is 1.19 bits per heavy atom. The van der Waals surface area contributed by atoms with Gasteiger partial charge in [0.1, 0.15) is 0 Å². The van der Waals surface area contributed by atoms with E-state index in [0.29, 0.717) is 5.92 Å². The normalized spacial score (nSPS) is 19.6. The fourth-order valence-corrected chi connectivity index (χ4v) is 3.13. The molecule has 0 amide bonds. The zero-order valence-electron chi connectivity index (χ0n) is 12.9. The Morgan fingerprint density at radius 2 is 2.10 bits per heavy atom. The average Bonchev–Trinajstić information content (AvgIpc) is 2.50. The number of piperidine rings is 1. The van der Waals surface area contributed by atoms with Gasteiger partial charge in [-0.15, -0.1) is 0 Å². The first-order valence-corrected chi connectivity index (χ1v) is 7.77. The summed E-state index contributed by atoms with van der Waals surface area (Å²) in [6, 6.07) is 8.95. The molecule has 1 saturated heterocycles. The molecule has 1 aromatic carbocycles. The maximum absolute atomic E-state index is 4.48. The van der Waals surface area contributed by atoms with E-state index >= 15 is 0 Å². The summed E-state index contributed by atoms with van der Waals surface area (Å²) in [6.07, 6.45) is 6.32. The quantitative estimate of drug-likeness (QED) is 0.862. The third-order valence-corrected chi connectivity index (χ3v) is 4.24. The SMILES string of the molecule is Cc1cccc(C2CCCN(Cc3cnc(C)cn3)C2)c1. The summed E-state index contributed by atoms with van der Waals surface area (Å²) in [5, 5.41) is 0. The zero-order valence-corrected chi connectivity index (χ0v) is 12.9. The molecule has 0 bridgehead atoms. The molecule has 0 N–H and O–H groups in total. The van der Waals surface area contributed by atoms with Crippen molar-refractivity contribution in [3.8, 4) is 0 Å². The van der Waals surface area contributed by atoms with E-state index < -0.39 is 0 Å². The van der Waals surface area contributed by atoms with Crippen molar-refractivity contribution >= 4 is 0 Å². The number of hydrogen-bond acceptors (Lipinski definition) is 3. The summed E-state index contributed by atoms with van der Waals surface area (Å²) in [5.41, 5.74) is 4.89. The number of likely N-dealkylation sites (tertiary alicyclic amines) is 1. The van der Waals surface area contributed by atoms with Gasteiger partial charge in [0.05, 0.1) is 11.4 Å². The fraction of sp³-hybridized carbons (Fsp3) is 0.444. The van der Waals surface area contributed by atoms with Crippen molar-refractivity contribution in [1.82, 2.24) is 14.9 Å². The van der Waals surface area contributed by atoms with Crippen LogP contribution >= 0.6 is 0 Å². The lowest BCUT2D eigenvalue weighted by atomic mass is 9.90. The molecule has 3 nitrogen and oxygen atoms in total. The van der Waals surface area contributed by atoms with Crippen LogP contribution in [0.25, 0.3) is 0 Å². The number of benzene rings is 1. The molecule has 3 rings (SSSR count). The molecular formula is C18H23N3. The van der Waals surface area contributed by atoms with Crippen molar-refractivity contribution in [3.63, 3.8) is 0 Å². The molecule has 1 unspecified atom stereocenters. The maximum Gasteiger partial charge on any atom is 0.0727 e. The topological polar surface area (TPSA) is 29.0 Å². The third-order valence-electron chi connectivity index (χ3n) is 4.24. The van der Waals surface area contributed by atoms with Crippen LogP contribution < -0.4 is 0 Å². The van der Waals surface area contributed by atoms with Gasteiger partial charge >= 0.3 is 0 Å². The molecule has 2 heterocycles. The number of aromatic nitrogens is 2. The fourth-order valence-electron chi connectivity index (χ4n) is 3.13. The summed E-state index contributed by atoms with van der Waals surface area (Å²) < 4.78 is 0. The summed E-state index contributed by atoms with van der Waals surface area (Å²) in [5.74, 6) is 0.650. The van der Waals surface area contributed by atoms with Gasteiger partial charge in [-0.3, -0.25) is 14.9 Å². The van der Waals surface area contributed by atoms with Crippen LogP contribution in [-0.4, -0.2) is 28.0 Å². The molecule has 3 heteroatoms. The van der Waals surface area contributed by atoms with Crippen molar-refractivity contribution in [2.75, 3.05) is 13.1 Å². The highest BCUT2D eigenvalue weighted by molar-refractivity contribution is 5.26. The van der Waals surface area contributed by atoms with Crippen LogP contribution in [0.1, 0.15) is 41.3 Å². The van der Waals surface area contributed by atoms with Gasteiger partial charge in [-0.05, 0) is 44.7 Å². The molecular weight excluding hydrogens is 258 g/mol. The van der Waals surface area contributed by atoms with E-state index in [9.17, 15) is 0 Å². The van der Waals surface area contributed by atoms with Gasteiger partial charge in [0.25, 0.3) is 0 Å². The first-order valence-electron chi connectivity index (χ1n) is 7.77. The average molecular weight is 281 g/mol. The molecule has 1 aromatic heterocycles. The van der Waals surface area contributed by atoms with Gasteiger partial charge < -0.3 is 0 Å². The lowest BCUT2D eigenvalue weighted by molar-refractivity contribution is 0.198. The highest BCUT2D eigenvalue weighted by Crippen LogP contribution is 2.27. The van der Waals surface area contributed by atoms with Gasteiger partial charge in [0.15, 0.2) is 0 Å². The van der Waals surface area contributed by atoms with Crippen LogP contribution in [0.15, 0.2) is 36.7 Å². The van der Waals surface area contributed by atoms with Gasteiger partial charge in [-0.1, -0.05) is 29.8 Å². The van der Waals surface area contributed by atoms with Crippen molar-refractivity contribution in [2.45, 2.75) is 39.2 Å². The first-order chi connectivity index (χ1) is 10.2. The Hall–Kier alpha value is -1.74. The van der Waals surface area contributed by atoms with Crippen LogP contribution in [0.3, 0.4) is 0 Å². The van der Waals surface area contributed by atoms with Crippen molar-refractivity contribution in [2.24, 2.45) is 0 Å². The predicted octanol–water partition coefficient (Wildman–Crippen LogP) is 3.47. The van der Waals surface area contributed by atoms with Gasteiger partial charge in [0.2, 0.25) is 0 Å². The second-order valence-corrected chi connectivity index (χ2v) is 6.14. The van der Waals surface area contributed by atoms with Crippen molar-refractivity contribution < 1.29 is 0 Å². The minimum Gasteiger partial charge on any atom is -0.297 e. The smallest absolute Gasteiger partial charge is 0.0727 e. The highest BCUT2D eigenvalue weighted by Gasteiger charge is 2.21. The van der Waals surface area contributed by atoms with E-state index in [2.05, 4.69) is 46.1 Å². The summed E-state index contributed by atoms with van der Waals surface area (Å²) in [6.45, 7) is 7.35. The van der Waals surface area contributed by atoms with Gasteiger partial charge in [-0.25, -0.2) is 0 Å². The number of hydrogen-bond donors (Lipinski definition) is 0. The van der Waals surface area contributed by atoms with E-state index in [0.717, 1.165) is 31.0 Å². The Bertz CT molecular complexity index is 592. The molecule has 0 spiro atoms. The molecule has 1 atom stereocenters. The van der Waals surface area contributed by atoms with E-state index in [1.54, 1.807) is 0 Å². The van der Waals surface area contributed by atoms with Crippen LogP contribution in [0.4, 0.5) is 0 Å². The standard InChI is InChI=1S/C18H23N3/c1-14-5-3-6-16(9-14)17-7-4-8-21(12-17)13-18-11-19-15(2)10-20-18/h3,5-6,9-11,17H,4,7-8,12-13H2,1-2H3. The summed E-state index contributed by atoms with van der Waals surface area (Å²) >= 11 is 0. The van der Waals surface area contributed by atoms with Gasteiger partial charge in [0, 0.05) is 25.5 Å². The Morgan fingerprint density at radius 3 is 2.86 bits per heavy atom. The molecule has 110 valence electrons. The molecule has 1 aliphatic rings. The summed E-state index contributed by atoms with van der Waals surface area (Å²) in [7, 11) is 0. The monoisotopic (exact) mass is 281 g/mol. The van der Waals surface area contributed by atoms with Crippen LogP contribution in [0, 0.1) is 13.8 Å². The minimum atomic E-state index is 0.650. The second kappa shape index (κ2) is 6.35. The van der Waals surface area contributed by atoms with Gasteiger partial charge in [-0.2, -0.15) is 0 Å². The molecule has 1 aliphatic heterocycles. The molecule has 1 fully saturated rings. The highest BCUT2D eigenvalue weighted by atomic mass is 15.1. The lowest BCUT2D eigenvalue weighted by Gasteiger charge is -2.32. The molecule has 0 aliphatic carbocycles. The van der Waals surface area contributed by atoms with Crippen LogP contribution in [0.5, 0.6) is 0 Å². The summed E-state index contributed by atoms with van der Waals surface area (Å²) in [4.78, 5) is 11.3. The third kappa shape index (κ3) is 3.67. The van der Waals surface area contributed by atoms with Crippen molar-refractivity contribution in [1.29, 1.82) is 0 Å². The van der Waals surface area contributed by atoms with Crippen molar-refractivity contribution in [3.05, 3.63) is 59.2 Å². The van der Waals surface area contributed by atoms with E-state index in [1.807, 2.05) is 19.3 Å². The minimum absolute atomic E-state index is 0.650. The molecule has 2 aromatic rings.